The summed E-state index contributed by atoms with van der Waals surface area (Å²) in [4.78, 5) is 21.1. The van der Waals surface area contributed by atoms with Gasteiger partial charge in [0, 0.05) is 6.08 Å². The van der Waals surface area contributed by atoms with Crippen molar-refractivity contribution in [1.82, 2.24) is 0 Å². The van der Waals surface area contributed by atoms with Gasteiger partial charge in [-0.05, 0) is 12.5 Å². The van der Waals surface area contributed by atoms with E-state index in [4.69, 9.17) is 0 Å². The van der Waals surface area contributed by atoms with Crippen molar-refractivity contribution in [2.45, 2.75) is 6.92 Å². The Morgan fingerprint density at radius 3 is 2.15 bits per heavy atom. The molecule has 0 aromatic carbocycles. The van der Waals surface area contributed by atoms with Crippen molar-refractivity contribution >= 4 is 11.8 Å². The number of allylic oxidation sites excluding steroid dienone is 1. The zero-order chi connectivity index (χ0) is 9.72. The number of carbonyl (C=O) groups is 2. The molecule has 0 saturated heterocycles. The maximum Gasteiger partial charge on any atom is 1.00 e. The van der Waals surface area contributed by atoms with Crippen LogP contribution in [-0.2, 0) is 14.3 Å². The molecule has 0 aliphatic heterocycles. The quantitative estimate of drug-likeness (QED) is 0.272. The molecule has 0 aromatic heterocycles. The number of methoxy groups -OCH3 is 1. The van der Waals surface area contributed by atoms with Crippen LogP contribution in [0, 0.1) is 0 Å². The molecule has 0 N–H and O–H groups in total. The molecule has 0 aliphatic rings. The van der Waals surface area contributed by atoms with Crippen molar-refractivity contribution in [1.29, 1.82) is 0 Å². The topological polar surface area (TPSA) is 66.4 Å². The molecule has 0 aromatic rings. The Balaban J connectivity index is 0. The molecule has 4 nitrogen and oxygen atoms in total. The van der Waals surface area contributed by atoms with Gasteiger partial charge >= 0.3 is 51.4 Å². The first kappa shape index (κ1) is 15.5. The number of carbonyl (C=O) groups excluding carboxylic acids is 2. The minimum Gasteiger partial charge on any atom is -0.545 e. The van der Waals surface area contributed by atoms with Gasteiger partial charge in [0.05, 0.1) is 13.1 Å². The van der Waals surface area contributed by atoms with Crippen LogP contribution in [0.4, 0.5) is 0 Å². The van der Waals surface area contributed by atoms with E-state index >= 15 is 0 Å². The fraction of sp³-hybridized carbons (Fsp3) is 0.250. The average molecular weight is 208 g/mol. The number of hydrogen-bond donors (Lipinski definition) is 0. The summed E-state index contributed by atoms with van der Waals surface area (Å²) in [7, 11) is 1.20. The smallest absolute Gasteiger partial charge is 0.545 e. The second-order valence-corrected chi connectivity index (χ2v) is 2.14. The van der Waals surface area contributed by atoms with E-state index in [9.17, 15) is 14.7 Å². The van der Waals surface area contributed by atoms with E-state index in [1.54, 1.807) is 0 Å². The van der Waals surface area contributed by atoms with Crippen LogP contribution >= 0.6 is 0 Å². The van der Waals surface area contributed by atoms with Crippen molar-refractivity contribution in [3.05, 3.63) is 24.0 Å². The third-order valence-electron chi connectivity index (χ3n) is 1.08. The van der Waals surface area contributed by atoms with Crippen molar-refractivity contribution in [3.63, 3.8) is 0 Å². The van der Waals surface area contributed by atoms with E-state index in [2.05, 4.69) is 11.3 Å². The number of rotatable bonds is 4. The molecule has 0 bridgehead atoms. The van der Waals surface area contributed by atoms with Gasteiger partial charge in [0.1, 0.15) is 0 Å². The Bertz CT molecular complexity index is 255. The van der Waals surface area contributed by atoms with Crippen molar-refractivity contribution < 1.29 is 70.8 Å². The number of ether oxygens (including phenoxy) is 1. The third-order valence-corrected chi connectivity index (χ3v) is 1.08. The van der Waals surface area contributed by atoms with E-state index in [0.29, 0.717) is 6.08 Å². The predicted molar refractivity (Wildman–Crippen MR) is 39.9 cm³/mol. The molecule has 0 atom stereocenters. The summed E-state index contributed by atoms with van der Waals surface area (Å²) in [6, 6.07) is 0. The summed E-state index contributed by atoms with van der Waals surface area (Å²) in [5.41, 5.74) is 0.212. The normalized spacial score (nSPS) is 9.85. The summed E-state index contributed by atoms with van der Waals surface area (Å²) in [6.07, 6.45) is 0.594. The van der Waals surface area contributed by atoms with Gasteiger partial charge < -0.3 is 14.6 Å². The first-order valence-corrected chi connectivity index (χ1v) is 3.16. The molecule has 13 heavy (non-hydrogen) atoms. The first-order valence-electron chi connectivity index (χ1n) is 3.16. The van der Waals surface area contributed by atoms with Gasteiger partial charge in [0.25, 0.3) is 0 Å². The Morgan fingerprint density at radius 2 is 1.92 bits per heavy atom. The van der Waals surface area contributed by atoms with Crippen molar-refractivity contribution in [2.24, 2.45) is 0 Å². The number of aliphatic carboxylic acids is 1. The molecule has 66 valence electrons. The second-order valence-electron chi connectivity index (χ2n) is 2.14. The summed E-state index contributed by atoms with van der Waals surface area (Å²) in [5, 5.41) is 10.0. The molecule has 0 unspecified atom stereocenters. The van der Waals surface area contributed by atoms with Crippen LogP contribution < -0.4 is 56.5 Å². The van der Waals surface area contributed by atoms with E-state index in [-0.39, 0.29) is 62.7 Å². The molecule has 0 amide bonds. The van der Waals surface area contributed by atoms with E-state index < -0.39 is 11.8 Å². The molecule has 0 fully saturated rings. The maximum absolute atomic E-state index is 11.0. The third kappa shape index (κ3) is 6.17. The van der Waals surface area contributed by atoms with E-state index in [1.165, 1.54) is 14.0 Å². The zero-order valence-electron chi connectivity index (χ0n) is 7.92. The van der Waals surface area contributed by atoms with Gasteiger partial charge in [-0.15, -0.1) is 0 Å². The van der Waals surface area contributed by atoms with Gasteiger partial charge in [0.2, 0.25) is 5.78 Å². The number of Topliss-reactive ketones (excluding diaryl/α,β-unsaturated/α-hetero) is 1. The van der Waals surface area contributed by atoms with Gasteiger partial charge in [0.15, 0.2) is 5.76 Å². The summed E-state index contributed by atoms with van der Waals surface area (Å²) >= 11 is 0. The van der Waals surface area contributed by atoms with Crippen LogP contribution in [0.15, 0.2) is 24.0 Å². The van der Waals surface area contributed by atoms with Crippen LogP contribution in [0.1, 0.15) is 6.92 Å². The molecule has 5 heteroatoms. The minimum atomic E-state index is -1.47. The maximum atomic E-state index is 11.0. The number of carboxylic acids is 1. The minimum absolute atomic E-state index is 0. The Hall–Kier alpha value is 0.0564. The fourth-order valence-corrected chi connectivity index (χ4v) is 0.535. The molecule has 0 radical (unpaired) electrons. The molecule has 0 saturated carbocycles. The Kier molecular flexibility index (Phi) is 8.91. The van der Waals surface area contributed by atoms with Gasteiger partial charge in [-0.25, -0.2) is 0 Å². The summed E-state index contributed by atoms with van der Waals surface area (Å²) in [6.45, 7) is 4.81. The zero-order valence-corrected chi connectivity index (χ0v) is 11.0. The molecule has 0 rings (SSSR count). The van der Waals surface area contributed by atoms with Crippen molar-refractivity contribution in [2.75, 3.05) is 7.11 Å². The van der Waals surface area contributed by atoms with Gasteiger partial charge in [-0.2, -0.15) is 0 Å². The van der Waals surface area contributed by atoms with Crippen LogP contribution in [0.25, 0.3) is 0 Å². The second kappa shape index (κ2) is 7.46. The fourth-order valence-electron chi connectivity index (χ4n) is 0.535. The van der Waals surface area contributed by atoms with E-state index in [0.717, 1.165) is 0 Å². The van der Waals surface area contributed by atoms with Crippen LogP contribution in [0.3, 0.4) is 0 Å². The molecule has 0 spiro atoms. The molecule has 0 heterocycles. The van der Waals surface area contributed by atoms with Crippen LogP contribution in [-0.4, -0.2) is 18.9 Å². The molecular weight excluding hydrogens is 199 g/mol. The average Bonchev–Trinajstić information content (AvgIpc) is 1.98. The monoisotopic (exact) mass is 208 g/mol. The summed E-state index contributed by atoms with van der Waals surface area (Å²) in [5.74, 6) is -2.29. The van der Waals surface area contributed by atoms with Gasteiger partial charge in [-0.3, -0.25) is 4.79 Å². The predicted octanol–water partition coefficient (Wildman–Crippen LogP) is -3.58. The number of carboxylic acid groups (broad SMARTS) is 1. The SMILES string of the molecule is C=C(C)C(=O)C(=CC(=O)[O-])OC.[K+]. The number of ketones is 1. The summed E-state index contributed by atoms with van der Waals surface area (Å²) < 4.78 is 4.51. The first-order chi connectivity index (χ1) is 5.49. The van der Waals surface area contributed by atoms with E-state index in [1.807, 2.05) is 0 Å². The van der Waals surface area contributed by atoms with Gasteiger partial charge in [-0.1, -0.05) is 6.58 Å². The van der Waals surface area contributed by atoms with Crippen LogP contribution in [0.5, 0.6) is 0 Å². The standard InChI is InChI=1S/C8H10O4.K/c1-5(2)8(11)6(12-3)4-7(9)10;/h4H,1H2,2-3H3,(H,9,10);/q;+1/p-1. The van der Waals surface area contributed by atoms with Crippen LogP contribution in [0.2, 0.25) is 0 Å². The molecular formula is C8H9KO4. The Labute approximate surface area is 119 Å². The largest absolute Gasteiger partial charge is 1.00 e. The Morgan fingerprint density at radius 1 is 1.46 bits per heavy atom. The molecule has 0 aliphatic carbocycles. The number of hydrogen-bond acceptors (Lipinski definition) is 4. The van der Waals surface area contributed by atoms with Crippen molar-refractivity contribution in [3.8, 4) is 0 Å².